The van der Waals surface area contributed by atoms with Crippen LogP contribution in [0.1, 0.15) is 32.6 Å². The van der Waals surface area contributed by atoms with Gasteiger partial charge in [0.2, 0.25) is 0 Å². The van der Waals surface area contributed by atoms with Gasteiger partial charge in [0.1, 0.15) is 0 Å². The molecule has 70 valence electrons. The number of carboxylic acid groups (broad SMARTS) is 1. The first-order valence-corrected chi connectivity index (χ1v) is 4.52. The van der Waals surface area contributed by atoms with Crippen LogP contribution in [0.2, 0.25) is 0 Å². The second-order valence-corrected chi connectivity index (χ2v) is 3.39. The molecule has 0 unspecified atom stereocenters. The molecule has 0 aromatic carbocycles. The van der Waals surface area contributed by atoms with E-state index in [4.69, 9.17) is 9.84 Å². The van der Waals surface area contributed by atoms with E-state index in [0.29, 0.717) is 19.6 Å². The Morgan fingerprint density at radius 2 is 2.25 bits per heavy atom. The maximum absolute atomic E-state index is 10.8. The number of hydrogen-bond acceptors (Lipinski definition) is 2. The van der Waals surface area contributed by atoms with Gasteiger partial charge in [-0.05, 0) is 26.2 Å². The van der Waals surface area contributed by atoms with Crippen LogP contribution in [0.15, 0.2) is 0 Å². The molecule has 1 aliphatic rings. The Morgan fingerprint density at radius 3 is 2.58 bits per heavy atom. The van der Waals surface area contributed by atoms with E-state index in [1.165, 1.54) is 0 Å². The van der Waals surface area contributed by atoms with Gasteiger partial charge in [-0.2, -0.15) is 0 Å². The molecule has 1 rings (SSSR count). The maximum Gasteiger partial charge on any atom is 0.309 e. The monoisotopic (exact) mass is 172 g/mol. The quantitative estimate of drug-likeness (QED) is 0.641. The lowest BCUT2D eigenvalue weighted by Crippen LogP contribution is -2.38. The van der Waals surface area contributed by atoms with Gasteiger partial charge in [0, 0.05) is 13.2 Å². The molecule has 0 amide bonds. The minimum atomic E-state index is -0.645. The van der Waals surface area contributed by atoms with Gasteiger partial charge in [-0.3, -0.25) is 4.79 Å². The lowest BCUT2D eigenvalue weighted by Gasteiger charge is -2.37. The van der Waals surface area contributed by atoms with E-state index in [0.717, 1.165) is 19.3 Å². The van der Waals surface area contributed by atoms with Crippen molar-refractivity contribution in [2.75, 3.05) is 13.2 Å². The zero-order valence-corrected chi connectivity index (χ0v) is 7.51. The summed E-state index contributed by atoms with van der Waals surface area (Å²) in [6, 6.07) is 0. The highest BCUT2D eigenvalue weighted by Gasteiger charge is 2.43. The number of ether oxygens (including phenoxy) is 1. The number of carbonyl (C=O) groups is 1. The predicted octanol–water partition coefficient (Wildman–Crippen LogP) is 1.67. The van der Waals surface area contributed by atoms with Gasteiger partial charge < -0.3 is 9.84 Å². The standard InChI is InChI=1S/C9H16O3/c1-2-12-7-6-9(8(10)11)4-3-5-9/h2-7H2,1H3,(H,10,11). The first-order valence-electron chi connectivity index (χ1n) is 4.52. The average Bonchev–Trinajstić information content (AvgIpc) is 1.94. The Labute approximate surface area is 72.7 Å². The van der Waals surface area contributed by atoms with Crippen molar-refractivity contribution in [1.29, 1.82) is 0 Å². The molecular weight excluding hydrogens is 156 g/mol. The molecule has 0 aromatic heterocycles. The van der Waals surface area contributed by atoms with Crippen LogP contribution in [-0.4, -0.2) is 24.3 Å². The Balaban J connectivity index is 2.30. The molecule has 0 aromatic rings. The largest absolute Gasteiger partial charge is 0.481 e. The SMILES string of the molecule is CCOCCC1(C(=O)O)CCC1. The van der Waals surface area contributed by atoms with Crippen molar-refractivity contribution in [3.05, 3.63) is 0 Å². The molecule has 0 radical (unpaired) electrons. The van der Waals surface area contributed by atoms with E-state index in [2.05, 4.69) is 0 Å². The summed E-state index contributed by atoms with van der Waals surface area (Å²) in [5.74, 6) is -0.645. The molecule has 0 saturated heterocycles. The van der Waals surface area contributed by atoms with Crippen LogP contribution in [-0.2, 0) is 9.53 Å². The van der Waals surface area contributed by atoms with Gasteiger partial charge in [0.05, 0.1) is 5.41 Å². The highest BCUT2D eigenvalue weighted by Crippen LogP contribution is 2.44. The number of rotatable bonds is 5. The van der Waals surface area contributed by atoms with Gasteiger partial charge >= 0.3 is 5.97 Å². The van der Waals surface area contributed by atoms with Crippen molar-refractivity contribution in [1.82, 2.24) is 0 Å². The van der Waals surface area contributed by atoms with Crippen LogP contribution < -0.4 is 0 Å². The summed E-state index contributed by atoms with van der Waals surface area (Å²) in [5.41, 5.74) is -0.435. The van der Waals surface area contributed by atoms with Crippen LogP contribution in [0.4, 0.5) is 0 Å². The zero-order valence-electron chi connectivity index (χ0n) is 7.51. The molecule has 1 aliphatic carbocycles. The van der Waals surface area contributed by atoms with Gasteiger partial charge in [-0.1, -0.05) is 6.42 Å². The number of hydrogen-bond donors (Lipinski definition) is 1. The Bertz CT molecular complexity index is 161. The van der Waals surface area contributed by atoms with Gasteiger partial charge in [-0.25, -0.2) is 0 Å². The lowest BCUT2D eigenvalue weighted by molar-refractivity contribution is -0.156. The highest BCUT2D eigenvalue weighted by atomic mass is 16.5. The van der Waals surface area contributed by atoms with E-state index in [1.807, 2.05) is 6.92 Å². The van der Waals surface area contributed by atoms with Crippen LogP contribution in [0.5, 0.6) is 0 Å². The van der Waals surface area contributed by atoms with Gasteiger partial charge in [0.25, 0.3) is 0 Å². The molecule has 0 atom stereocenters. The molecule has 3 nitrogen and oxygen atoms in total. The fourth-order valence-electron chi connectivity index (χ4n) is 1.59. The van der Waals surface area contributed by atoms with Crippen molar-refractivity contribution in [3.63, 3.8) is 0 Å². The topological polar surface area (TPSA) is 46.5 Å². The van der Waals surface area contributed by atoms with E-state index in [1.54, 1.807) is 0 Å². The van der Waals surface area contributed by atoms with Crippen molar-refractivity contribution in [2.45, 2.75) is 32.6 Å². The van der Waals surface area contributed by atoms with Crippen molar-refractivity contribution >= 4 is 5.97 Å². The predicted molar refractivity (Wildman–Crippen MR) is 45.0 cm³/mol. The summed E-state index contributed by atoms with van der Waals surface area (Å²) < 4.78 is 5.15. The molecule has 1 N–H and O–H groups in total. The molecule has 0 bridgehead atoms. The number of carboxylic acids is 1. The van der Waals surface area contributed by atoms with Crippen molar-refractivity contribution < 1.29 is 14.6 Å². The minimum absolute atomic E-state index is 0.435. The average molecular weight is 172 g/mol. The van der Waals surface area contributed by atoms with Crippen molar-refractivity contribution in [2.24, 2.45) is 5.41 Å². The van der Waals surface area contributed by atoms with Crippen LogP contribution in [0, 0.1) is 5.41 Å². The minimum Gasteiger partial charge on any atom is -0.481 e. The fourth-order valence-corrected chi connectivity index (χ4v) is 1.59. The molecule has 0 heterocycles. The first-order chi connectivity index (χ1) is 5.71. The summed E-state index contributed by atoms with van der Waals surface area (Å²) in [5, 5.41) is 8.93. The number of aliphatic carboxylic acids is 1. The Hall–Kier alpha value is -0.570. The second kappa shape index (κ2) is 3.90. The van der Waals surface area contributed by atoms with Crippen LogP contribution >= 0.6 is 0 Å². The molecule has 3 heteroatoms. The summed E-state index contributed by atoms with van der Waals surface area (Å²) in [7, 11) is 0. The molecular formula is C9H16O3. The zero-order chi connectivity index (χ0) is 9.03. The second-order valence-electron chi connectivity index (χ2n) is 3.39. The van der Waals surface area contributed by atoms with Crippen LogP contribution in [0.3, 0.4) is 0 Å². The van der Waals surface area contributed by atoms with E-state index < -0.39 is 11.4 Å². The Morgan fingerprint density at radius 1 is 1.58 bits per heavy atom. The third-order valence-corrected chi connectivity index (χ3v) is 2.69. The van der Waals surface area contributed by atoms with Gasteiger partial charge in [-0.15, -0.1) is 0 Å². The summed E-state index contributed by atoms with van der Waals surface area (Å²) in [6.07, 6.45) is 3.39. The first kappa shape index (κ1) is 9.52. The molecule has 12 heavy (non-hydrogen) atoms. The Kier molecular flexibility index (Phi) is 3.09. The van der Waals surface area contributed by atoms with Gasteiger partial charge in [0.15, 0.2) is 0 Å². The summed E-state index contributed by atoms with van der Waals surface area (Å²) in [4.78, 5) is 10.8. The van der Waals surface area contributed by atoms with E-state index >= 15 is 0 Å². The summed E-state index contributed by atoms with van der Waals surface area (Å²) >= 11 is 0. The summed E-state index contributed by atoms with van der Waals surface area (Å²) in [6.45, 7) is 3.19. The van der Waals surface area contributed by atoms with Crippen molar-refractivity contribution in [3.8, 4) is 0 Å². The van der Waals surface area contributed by atoms with Crippen LogP contribution in [0.25, 0.3) is 0 Å². The maximum atomic E-state index is 10.8. The molecule has 0 aliphatic heterocycles. The third kappa shape index (κ3) is 1.78. The smallest absolute Gasteiger partial charge is 0.309 e. The van der Waals surface area contributed by atoms with E-state index in [-0.39, 0.29) is 0 Å². The lowest BCUT2D eigenvalue weighted by atomic mass is 9.67. The normalized spacial score (nSPS) is 20.1. The molecule has 1 saturated carbocycles. The molecule has 0 spiro atoms. The molecule has 1 fully saturated rings. The van der Waals surface area contributed by atoms with E-state index in [9.17, 15) is 4.79 Å². The fraction of sp³-hybridized carbons (Fsp3) is 0.889. The highest BCUT2D eigenvalue weighted by molar-refractivity contribution is 5.75. The third-order valence-electron chi connectivity index (χ3n) is 2.69.